The van der Waals surface area contributed by atoms with Crippen molar-refractivity contribution in [2.75, 3.05) is 38.2 Å². The van der Waals surface area contributed by atoms with Crippen molar-refractivity contribution in [2.24, 2.45) is 5.92 Å². The van der Waals surface area contributed by atoms with Crippen molar-refractivity contribution in [2.45, 2.75) is 32.5 Å². The Morgan fingerprint density at radius 3 is 2.48 bits per heavy atom. The second-order valence-electron chi connectivity index (χ2n) is 6.52. The summed E-state index contributed by atoms with van der Waals surface area (Å²) < 4.78 is 10.9. The zero-order valence-corrected chi connectivity index (χ0v) is 13.8. The smallest absolute Gasteiger partial charge is 0.225 e. The Morgan fingerprint density at radius 2 is 1.83 bits per heavy atom. The number of ether oxygens (including phenoxy) is 2. The van der Waals surface area contributed by atoms with Crippen LogP contribution in [0.1, 0.15) is 38.0 Å². The summed E-state index contributed by atoms with van der Waals surface area (Å²) >= 11 is 0. The number of carbonyl (C=O) groups excluding carboxylic acids is 1. The Bertz CT molecular complexity index is 504. The molecule has 2 fully saturated rings. The first kappa shape index (κ1) is 16.4. The first-order valence-electron chi connectivity index (χ1n) is 8.56. The zero-order valence-electron chi connectivity index (χ0n) is 13.8. The molecule has 2 aliphatic rings. The van der Waals surface area contributed by atoms with Crippen LogP contribution in [0.2, 0.25) is 0 Å². The fourth-order valence-corrected chi connectivity index (χ4v) is 3.04. The molecule has 0 aliphatic carbocycles. The monoisotopic (exact) mass is 318 g/mol. The van der Waals surface area contributed by atoms with Crippen LogP contribution < -0.4 is 5.32 Å². The molecule has 0 saturated carbocycles. The van der Waals surface area contributed by atoms with E-state index in [1.807, 2.05) is 24.3 Å². The number of rotatable bonds is 5. The maximum Gasteiger partial charge on any atom is 0.225 e. The quantitative estimate of drug-likeness (QED) is 0.907. The van der Waals surface area contributed by atoms with Gasteiger partial charge in [-0.15, -0.1) is 0 Å². The van der Waals surface area contributed by atoms with E-state index in [0.717, 1.165) is 36.8 Å². The summed E-state index contributed by atoms with van der Waals surface area (Å²) in [7, 11) is 0. The van der Waals surface area contributed by atoms with Gasteiger partial charge in [0.1, 0.15) is 0 Å². The molecule has 1 N–H and O–H groups in total. The number of nitrogens with one attached hydrogen (secondary N) is 1. The number of likely N-dealkylation sites (tertiary alicyclic amines) is 1. The van der Waals surface area contributed by atoms with Crippen LogP contribution in [0.4, 0.5) is 5.69 Å². The van der Waals surface area contributed by atoms with Crippen LogP contribution >= 0.6 is 0 Å². The van der Waals surface area contributed by atoms with Gasteiger partial charge in [-0.1, -0.05) is 19.1 Å². The van der Waals surface area contributed by atoms with Crippen molar-refractivity contribution in [3.8, 4) is 0 Å². The molecule has 1 amide bonds. The van der Waals surface area contributed by atoms with E-state index in [2.05, 4.69) is 17.1 Å². The molecular formula is C18H26N2O3. The Hall–Kier alpha value is -1.43. The van der Waals surface area contributed by atoms with Gasteiger partial charge in [0.05, 0.1) is 13.2 Å². The average Bonchev–Trinajstić information content (AvgIpc) is 3.09. The first-order chi connectivity index (χ1) is 11.2. The van der Waals surface area contributed by atoms with Crippen LogP contribution in [0, 0.1) is 5.92 Å². The normalized spacial score (nSPS) is 20.7. The highest BCUT2D eigenvalue weighted by Crippen LogP contribution is 2.24. The maximum absolute atomic E-state index is 12.1. The highest BCUT2D eigenvalue weighted by atomic mass is 16.7. The largest absolute Gasteiger partial charge is 0.346 e. The van der Waals surface area contributed by atoms with E-state index in [0.29, 0.717) is 19.6 Å². The maximum atomic E-state index is 12.1. The lowest BCUT2D eigenvalue weighted by atomic mass is 9.99. The summed E-state index contributed by atoms with van der Waals surface area (Å²) in [5, 5.41) is 2.96. The minimum atomic E-state index is -0.263. The summed E-state index contributed by atoms with van der Waals surface area (Å²) in [6, 6.07) is 7.69. The molecule has 5 heteroatoms. The van der Waals surface area contributed by atoms with Gasteiger partial charge in [0.25, 0.3) is 0 Å². The van der Waals surface area contributed by atoms with Crippen LogP contribution in [-0.2, 0) is 14.3 Å². The molecule has 0 bridgehead atoms. The molecule has 2 saturated heterocycles. The molecule has 126 valence electrons. The lowest BCUT2D eigenvalue weighted by Gasteiger charge is -2.29. The summed E-state index contributed by atoms with van der Waals surface area (Å²) in [6.45, 7) is 6.65. The third-order valence-electron chi connectivity index (χ3n) is 4.62. The van der Waals surface area contributed by atoms with E-state index in [1.54, 1.807) is 0 Å². The average molecular weight is 318 g/mol. The Labute approximate surface area is 137 Å². The number of piperidine rings is 1. The second-order valence-corrected chi connectivity index (χ2v) is 6.52. The molecule has 0 radical (unpaired) electrons. The SMILES string of the molecule is CC1CCN(CCC(=O)Nc2ccc(C3OCCO3)cc2)CC1. The second kappa shape index (κ2) is 7.90. The zero-order chi connectivity index (χ0) is 16.1. The van der Waals surface area contributed by atoms with E-state index < -0.39 is 0 Å². The van der Waals surface area contributed by atoms with Gasteiger partial charge in [-0.3, -0.25) is 4.79 Å². The van der Waals surface area contributed by atoms with Crippen molar-refractivity contribution in [1.82, 2.24) is 4.90 Å². The summed E-state index contributed by atoms with van der Waals surface area (Å²) in [5.41, 5.74) is 1.81. The van der Waals surface area contributed by atoms with Gasteiger partial charge >= 0.3 is 0 Å². The number of nitrogens with zero attached hydrogens (tertiary/aromatic N) is 1. The molecule has 1 aromatic rings. The molecule has 5 nitrogen and oxygen atoms in total. The number of carbonyl (C=O) groups is 1. The van der Waals surface area contributed by atoms with Crippen LogP contribution in [0.5, 0.6) is 0 Å². The van der Waals surface area contributed by atoms with E-state index in [-0.39, 0.29) is 12.2 Å². The molecule has 2 aliphatic heterocycles. The van der Waals surface area contributed by atoms with Gasteiger partial charge in [-0.2, -0.15) is 0 Å². The standard InChI is InChI=1S/C18H26N2O3/c1-14-6-9-20(10-7-14)11-8-17(21)19-16-4-2-15(3-5-16)18-22-12-13-23-18/h2-5,14,18H,6-13H2,1H3,(H,19,21). The number of hydrogen-bond donors (Lipinski definition) is 1. The van der Waals surface area contributed by atoms with Gasteiger partial charge in [0.2, 0.25) is 5.91 Å². The van der Waals surface area contributed by atoms with Gasteiger partial charge in [-0.05, 0) is 44.0 Å². The molecule has 23 heavy (non-hydrogen) atoms. The third kappa shape index (κ3) is 4.77. The van der Waals surface area contributed by atoms with Crippen LogP contribution in [0.3, 0.4) is 0 Å². The molecule has 0 aromatic heterocycles. The topological polar surface area (TPSA) is 50.8 Å². The van der Waals surface area contributed by atoms with Gasteiger partial charge in [0.15, 0.2) is 6.29 Å². The number of benzene rings is 1. The van der Waals surface area contributed by atoms with Crippen LogP contribution in [0.15, 0.2) is 24.3 Å². The van der Waals surface area contributed by atoms with Crippen molar-refractivity contribution in [1.29, 1.82) is 0 Å². The highest BCUT2D eigenvalue weighted by Gasteiger charge is 2.18. The molecule has 2 heterocycles. The van der Waals surface area contributed by atoms with Crippen LogP contribution in [-0.4, -0.2) is 43.7 Å². The van der Waals surface area contributed by atoms with Crippen molar-refractivity contribution >= 4 is 11.6 Å². The van der Waals surface area contributed by atoms with Gasteiger partial charge in [0, 0.05) is 24.2 Å². The number of amides is 1. The predicted molar refractivity (Wildman–Crippen MR) is 89.2 cm³/mol. The molecule has 0 unspecified atom stereocenters. The molecule has 0 atom stereocenters. The predicted octanol–water partition coefficient (Wildman–Crippen LogP) is 2.79. The minimum absolute atomic E-state index is 0.0738. The summed E-state index contributed by atoms with van der Waals surface area (Å²) in [4.78, 5) is 14.5. The lowest BCUT2D eigenvalue weighted by Crippen LogP contribution is -2.35. The van der Waals surface area contributed by atoms with E-state index >= 15 is 0 Å². The van der Waals surface area contributed by atoms with Gasteiger partial charge in [-0.25, -0.2) is 0 Å². The summed E-state index contributed by atoms with van der Waals surface area (Å²) in [5.74, 6) is 0.899. The Balaban J connectivity index is 1.42. The Kier molecular flexibility index (Phi) is 5.65. The fourth-order valence-electron chi connectivity index (χ4n) is 3.04. The molecule has 0 spiro atoms. The number of anilines is 1. The molecule has 1 aromatic carbocycles. The van der Waals surface area contributed by atoms with E-state index in [4.69, 9.17) is 9.47 Å². The van der Waals surface area contributed by atoms with Crippen molar-refractivity contribution < 1.29 is 14.3 Å². The molecular weight excluding hydrogens is 292 g/mol. The van der Waals surface area contributed by atoms with Crippen LogP contribution in [0.25, 0.3) is 0 Å². The van der Waals surface area contributed by atoms with Crippen molar-refractivity contribution in [3.63, 3.8) is 0 Å². The third-order valence-corrected chi connectivity index (χ3v) is 4.62. The minimum Gasteiger partial charge on any atom is -0.346 e. The Morgan fingerprint density at radius 1 is 1.17 bits per heavy atom. The summed E-state index contributed by atoms with van der Waals surface area (Å²) in [6.07, 6.45) is 2.77. The van der Waals surface area contributed by atoms with E-state index in [9.17, 15) is 4.79 Å². The number of hydrogen-bond acceptors (Lipinski definition) is 4. The highest BCUT2D eigenvalue weighted by molar-refractivity contribution is 5.90. The lowest BCUT2D eigenvalue weighted by molar-refractivity contribution is -0.116. The van der Waals surface area contributed by atoms with Crippen molar-refractivity contribution in [3.05, 3.63) is 29.8 Å². The van der Waals surface area contributed by atoms with E-state index in [1.165, 1.54) is 12.8 Å². The van der Waals surface area contributed by atoms with Gasteiger partial charge < -0.3 is 19.7 Å². The fraction of sp³-hybridized carbons (Fsp3) is 0.611. The first-order valence-corrected chi connectivity index (χ1v) is 8.56. The molecule has 3 rings (SSSR count).